The Balaban J connectivity index is 1.47. The number of phenols is 1. The van der Waals surface area contributed by atoms with Crippen molar-refractivity contribution in [3.05, 3.63) is 126 Å². The molecule has 0 fully saturated rings. The third-order valence-electron chi connectivity index (χ3n) is 7.06. The SMILES string of the molecule is CC(C)(C)c1ccc(O)c(C=Nc2ccccc2-c2nc3c(-c4ccccc4)cc(-c4ccccc4)cc3s2)c1. The van der Waals surface area contributed by atoms with Gasteiger partial charge in [0.1, 0.15) is 10.8 Å². The van der Waals surface area contributed by atoms with Crippen LogP contribution in [-0.4, -0.2) is 16.3 Å². The Labute approximate surface area is 239 Å². The fourth-order valence-electron chi connectivity index (χ4n) is 4.81. The Hall–Kier alpha value is -4.54. The number of aromatic nitrogens is 1. The zero-order valence-corrected chi connectivity index (χ0v) is 23.6. The maximum atomic E-state index is 10.5. The van der Waals surface area contributed by atoms with Crippen LogP contribution in [0.5, 0.6) is 5.75 Å². The first-order valence-corrected chi connectivity index (χ1v) is 14.2. The highest BCUT2D eigenvalue weighted by Gasteiger charge is 2.17. The van der Waals surface area contributed by atoms with Crippen molar-refractivity contribution in [3.63, 3.8) is 0 Å². The second kappa shape index (κ2) is 10.6. The van der Waals surface area contributed by atoms with Gasteiger partial charge in [-0.1, -0.05) is 99.6 Å². The maximum absolute atomic E-state index is 10.5. The predicted molar refractivity (Wildman–Crippen MR) is 170 cm³/mol. The predicted octanol–water partition coefficient (Wildman–Crippen LogP) is 10.1. The monoisotopic (exact) mass is 538 g/mol. The summed E-state index contributed by atoms with van der Waals surface area (Å²) in [5.41, 5.74) is 9.19. The smallest absolute Gasteiger partial charge is 0.126 e. The van der Waals surface area contributed by atoms with E-state index < -0.39 is 0 Å². The second-order valence-corrected chi connectivity index (χ2v) is 12.0. The lowest BCUT2D eigenvalue weighted by molar-refractivity contribution is 0.473. The molecule has 3 nitrogen and oxygen atoms in total. The molecule has 4 heteroatoms. The van der Waals surface area contributed by atoms with Crippen LogP contribution in [0.25, 0.3) is 43.0 Å². The molecule has 1 aromatic heterocycles. The molecule has 0 bridgehead atoms. The standard InChI is InChI=1S/C36H30N2OS/c1-36(2,3)28-18-19-32(39)27(20-28)23-37-31-17-11-10-16-29(31)35-38-34-30(25-14-8-5-9-15-25)21-26(22-33(34)40-35)24-12-6-4-7-13-24/h4-23,39H,1-3H3. The molecular weight excluding hydrogens is 508 g/mol. The minimum atomic E-state index is -0.0236. The summed E-state index contributed by atoms with van der Waals surface area (Å²) in [5, 5.41) is 11.4. The number of rotatable bonds is 5. The van der Waals surface area contributed by atoms with Gasteiger partial charge < -0.3 is 5.11 Å². The van der Waals surface area contributed by atoms with E-state index in [9.17, 15) is 5.11 Å². The molecule has 0 amide bonds. The van der Waals surface area contributed by atoms with Crippen LogP contribution in [0.15, 0.2) is 120 Å². The number of benzene rings is 5. The molecule has 0 aliphatic heterocycles. The van der Waals surface area contributed by atoms with E-state index in [1.54, 1.807) is 23.6 Å². The number of para-hydroxylation sites is 1. The third kappa shape index (κ3) is 5.18. The number of phenolic OH excluding ortho intramolecular Hbond substituents is 1. The summed E-state index contributed by atoms with van der Waals surface area (Å²) in [7, 11) is 0. The lowest BCUT2D eigenvalue weighted by Crippen LogP contribution is -2.11. The van der Waals surface area contributed by atoms with Crippen molar-refractivity contribution in [2.75, 3.05) is 0 Å². The van der Waals surface area contributed by atoms with Gasteiger partial charge in [0.05, 0.1) is 15.9 Å². The van der Waals surface area contributed by atoms with Crippen molar-refractivity contribution in [3.8, 4) is 38.6 Å². The molecule has 0 atom stereocenters. The van der Waals surface area contributed by atoms with Crippen LogP contribution in [0.1, 0.15) is 31.9 Å². The minimum absolute atomic E-state index is 0.0236. The van der Waals surface area contributed by atoms with Gasteiger partial charge in [-0.05, 0) is 64.1 Å². The molecule has 196 valence electrons. The van der Waals surface area contributed by atoms with Crippen LogP contribution in [0, 0.1) is 0 Å². The quantitative estimate of drug-likeness (QED) is 0.222. The summed E-state index contributed by atoms with van der Waals surface area (Å²) in [6.45, 7) is 6.49. The molecule has 1 heterocycles. The Morgan fingerprint density at radius 3 is 2.10 bits per heavy atom. The van der Waals surface area contributed by atoms with E-state index in [0.29, 0.717) is 5.56 Å². The first-order chi connectivity index (χ1) is 19.4. The van der Waals surface area contributed by atoms with Gasteiger partial charge in [-0.2, -0.15) is 0 Å². The lowest BCUT2D eigenvalue weighted by atomic mass is 9.86. The molecule has 0 spiro atoms. The van der Waals surface area contributed by atoms with Gasteiger partial charge in [0.2, 0.25) is 0 Å². The maximum Gasteiger partial charge on any atom is 0.126 e. The first-order valence-electron chi connectivity index (χ1n) is 13.4. The van der Waals surface area contributed by atoms with Crippen LogP contribution in [0.4, 0.5) is 5.69 Å². The number of nitrogens with zero attached hydrogens (tertiary/aromatic N) is 2. The summed E-state index contributed by atoms with van der Waals surface area (Å²) in [5.74, 6) is 0.218. The second-order valence-electron chi connectivity index (χ2n) is 10.9. The van der Waals surface area contributed by atoms with Gasteiger partial charge in [-0.15, -0.1) is 11.3 Å². The highest BCUT2D eigenvalue weighted by Crippen LogP contribution is 2.41. The molecular formula is C36H30N2OS. The van der Waals surface area contributed by atoms with Crippen LogP contribution in [0.2, 0.25) is 0 Å². The van der Waals surface area contributed by atoms with Crippen molar-refractivity contribution < 1.29 is 5.11 Å². The Morgan fingerprint density at radius 1 is 0.700 bits per heavy atom. The van der Waals surface area contributed by atoms with E-state index in [2.05, 4.69) is 87.5 Å². The lowest BCUT2D eigenvalue weighted by Gasteiger charge is -2.19. The van der Waals surface area contributed by atoms with Gasteiger partial charge in [-0.3, -0.25) is 4.99 Å². The molecule has 0 saturated heterocycles. The molecule has 0 saturated carbocycles. The third-order valence-corrected chi connectivity index (χ3v) is 8.09. The summed E-state index contributed by atoms with van der Waals surface area (Å²) < 4.78 is 1.13. The van der Waals surface area contributed by atoms with Gasteiger partial charge in [-0.25, -0.2) is 4.98 Å². The van der Waals surface area contributed by atoms with Gasteiger partial charge >= 0.3 is 0 Å². The summed E-state index contributed by atoms with van der Waals surface area (Å²) in [6.07, 6.45) is 1.75. The molecule has 0 radical (unpaired) electrons. The van der Waals surface area contributed by atoms with E-state index in [4.69, 9.17) is 9.98 Å². The number of hydrogen-bond acceptors (Lipinski definition) is 4. The average Bonchev–Trinajstić information content (AvgIpc) is 3.41. The van der Waals surface area contributed by atoms with E-state index in [0.717, 1.165) is 43.2 Å². The van der Waals surface area contributed by atoms with Crippen LogP contribution in [-0.2, 0) is 5.41 Å². The van der Waals surface area contributed by atoms with Crippen LogP contribution < -0.4 is 0 Å². The summed E-state index contributed by atoms with van der Waals surface area (Å²) in [4.78, 5) is 10.0. The fourth-order valence-corrected chi connectivity index (χ4v) is 5.88. The fraction of sp³-hybridized carbons (Fsp3) is 0.111. The number of thiazole rings is 1. The molecule has 6 aromatic rings. The highest BCUT2D eigenvalue weighted by atomic mass is 32.1. The highest BCUT2D eigenvalue weighted by molar-refractivity contribution is 7.21. The van der Waals surface area contributed by atoms with E-state index in [-0.39, 0.29) is 11.2 Å². The normalized spacial score (nSPS) is 11.9. The molecule has 0 unspecified atom stereocenters. The number of fused-ring (bicyclic) bond motifs is 1. The molecule has 0 aliphatic carbocycles. The summed E-state index contributed by atoms with van der Waals surface area (Å²) >= 11 is 1.68. The van der Waals surface area contributed by atoms with E-state index >= 15 is 0 Å². The Kier molecular flexibility index (Phi) is 6.79. The van der Waals surface area contributed by atoms with Crippen LogP contribution in [0.3, 0.4) is 0 Å². The van der Waals surface area contributed by atoms with Gasteiger partial charge in [0.25, 0.3) is 0 Å². The topological polar surface area (TPSA) is 45.5 Å². The zero-order valence-electron chi connectivity index (χ0n) is 22.8. The Morgan fingerprint density at radius 2 is 1.38 bits per heavy atom. The van der Waals surface area contributed by atoms with Crippen molar-refractivity contribution in [2.45, 2.75) is 26.2 Å². The van der Waals surface area contributed by atoms with E-state index in [1.165, 1.54) is 11.1 Å². The van der Waals surface area contributed by atoms with Gasteiger partial charge in [0, 0.05) is 22.9 Å². The number of aliphatic imine (C=N–C) groups is 1. The van der Waals surface area contributed by atoms with Crippen LogP contribution >= 0.6 is 11.3 Å². The molecule has 5 aromatic carbocycles. The number of aromatic hydroxyl groups is 1. The average molecular weight is 539 g/mol. The Bertz CT molecular complexity index is 1830. The zero-order chi connectivity index (χ0) is 27.7. The molecule has 1 N–H and O–H groups in total. The molecule has 0 aliphatic rings. The van der Waals surface area contributed by atoms with E-state index in [1.807, 2.05) is 42.5 Å². The van der Waals surface area contributed by atoms with Crippen molar-refractivity contribution >= 4 is 33.5 Å². The van der Waals surface area contributed by atoms with Crippen molar-refractivity contribution in [1.82, 2.24) is 4.98 Å². The molecule has 40 heavy (non-hydrogen) atoms. The minimum Gasteiger partial charge on any atom is -0.507 e. The van der Waals surface area contributed by atoms with Gasteiger partial charge in [0.15, 0.2) is 0 Å². The molecule has 6 rings (SSSR count). The van der Waals surface area contributed by atoms with Crippen molar-refractivity contribution in [1.29, 1.82) is 0 Å². The summed E-state index contributed by atoms with van der Waals surface area (Å²) in [6, 6.07) is 39.2. The first kappa shape index (κ1) is 25.7. The largest absolute Gasteiger partial charge is 0.507 e. The van der Waals surface area contributed by atoms with Crippen molar-refractivity contribution in [2.24, 2.45) is 4.99 Å². The number of hydrogen-bond donors (Lipinski definition) is 1.